The van der Waals surface area contributed by atoms with Gasteiger partial charge in [-0.2, -0.15) is 0 Å². The van der Waals surface area contributed by atoms with Crippen LogP contribution >= 0.6 is 23.2 Å². The summed E-state index contributed by atoms with van der Waals surface area (Å²) >= 11 is 13.1. The van der Waals surface area contributed by atoms with Gasteiger partial charge in [-0.1, -0.05) is 35.3 Å². The maximum atomic E-state index is 6.53. The number of halogens is 2. The van der Waals surface area contributed by atoms with Gasteiger partial charge in [-0.05, 0) is 81.6 Å². The first-order valence-electron chi connectivity index (χ1n) is 11.2. The minimum absolute atomic E-state index is 0.246. The molecule has 2 aromatic carbocycles. The fraction of sp³-hybridized carbons (Fsp3) is 0.520. The molecule has 2 saturated heterocycles. The first kappa shape index (κ1) is 22.7. The van der Waals surface area contributed by atoms with Crippen molar-refractivity contribution in [3.63, 3.8) is 0 Å². The average Bonchev–Trinajstić information content (AvgIpc) is 2.75. The summed E-state index contributed by atoms with van der Waals surface area (Å²) in [5.74, 6) is 1.56. The molecule has 0 atom stereocenters. The first-order valence-corrected chi connectivity index (χ1v) is 12.0. The Morgan fingerprint density at radius 2 is 1.10 bits per heavy atom. The second kappa shape index (κ2) is 10.4. The number of piperidine rings is 2. The molecule has 168 valence electrons. The zero-order valence-corrected chi connectivity index (χ0v) is 20.0. The molecule has 6 heteroatoms. The van der Waals surface area contributed by atoms with E-state index in [2.05, 4.69) is 36.0 Å². The number of ether oxygens (including phenoxy) is 2. The number of rotatable bonds is 6. The van der Waals surface area contributed by atoms with Crippen LogP contribution in [-0.4, -0.2) is 62.3 Å². The second-order valence-corrected chi connectivity index (χ2v) is 9.76. The third kappa shape index (κ3) is 6.29. The van der Waals surface area contributed by atoms with E-state index < -0.39 is 0 Å². The van der Waals surface area contributed by atoms with Crippen LogP contribution in [-0.2, 0) is 6.42 Å². The van der Waals surface area contributed by atoms with Crippen LogP contribution in [0.1, 0.15) is 36.8 Å². The molecule has 0 radical (unpaired) electrons. The molecule has 2 heterocycles. The van der Waals surface area contributed by atoms with E-state index in [1.807, 2.05) is 24.3 Å². The van der Waals surface area contributed by atoms with Gasteiger partial charge in [0.25, 0.3) is 0 Å². The van der Waals surface area contributed by atoms with Gasteiger partial charge < -0.3 is 19.3 Å². The van der Waals surface area contributed by atoms with E-state index in [-0.39, 0.29) is 12.2 Å². The van der Waals surface area contributed by atoms with Gasteiger partial charge in [-0.15, -0.1) is 0 Å². The fourth-order valence-corrected chi connectivity index (χ4v) is 4.80. The predicted octanol–water partition coefficient (Wildman–Crippen LogP) is 5.53. The molecule has 0 spiro atoms. The minimum Gasteiger partial charge on any atom is -0.489 e. The largest absolute Gasteiger partial charge is 0.489 e. The SMILES string of the molecule is CN1CCC(Oc2ccc(Cc3ccc(OC4CCN(C)CC4)c(Cl)c3)cc2Cl)CC1. The predicted molar refractivity (Wildman–Crippen MR) is 128 cm³/mol. The quantitative estimate of drug-likeness (QED) is 0.563. The highest BCUT2D eigenvalue weighted by Crippen LogP contribution is 2.31. The molecule has 0 bridgehead atoms. The highest BCUT2D eigenvalue weighted by molar-refractivity contribution is 6.32. The molecule has 0 N–H and O–H groups in total. The summed E-state index contributed by atoms with van der Waals surface area (Å²) in [6.07, 6.45) is 5.42. The molecule has 0 unspecified atom stereocenters. The van der Waals surface area contributed by atoms with Crippen molar-refractivity contribution in [1.29, 1.82) is 0 Å². The van der Waals surface area contributed by atoms with Gasteiger partial charge >= 0.3 is 0 Å². The van der Waals surface area contributed by atoms with E-state index in [0.717, 1.165) is 80.9 Å². The van der Waals surface area contributed by atoms with Gasteiger partial charge in [-0.25, -0.2) is 0 Å². The number of hydrogen-bond donors (Lipinski definition) is 0. The van der Waals surface area contributed by atoms with E-state index in [0.29, 0.717) is 10.0 Å². The van der Waals surface area contributed by atoms with Crippen LogP contribution in [0.3, 0.4) is 0 Å². The molecule has 0 aromatic heterocycles. The average molecular weight is 463 g/mol. The topological polar surface area (TPSA) is 24.9 Å². The molecule has 2 aliphatic heterocycles. The van der Waals surface area contributed by atoms with Crippen LogP contribution in [0.15, 0.2) is 36.4 Å². The standard InChI is InChI=1S/C25H32Cl2N2O2/c1-28-11-7-20(8-12-28)30-24-5-3-18(16-22(24)26)15-19-4-6-25(23(27)17-19)31-21-9-13-29(2)14-10-21/h3-6,16-17,20-21H,7-15H2,1-2H3. The highest BCUT2D eigenvalue weighted by Gasteiger charge is 2.20. The number of likely N-dealkylation sites (tertiary alicyclic amines) is 2. The summed E-state index contributed by atoms with van der Waals surface area (Å²) in [7, 11) is 4.30. The summed E-state index contributed by atoms with van der Waals surface area (Å²) in [6.45, 7) is 4.27. The van der Waals surface area contributed by atoms with Gasteiger partial charge in [0.05, 0.1) is 10.0 Å². The van der Waals surface area contributed by atoms with E-state index in [9.17, 15) is 0 Å². The molecule has 0 aliphatic carbocycles. The summed E-state index contributed by atoms with van der Waals surface area (Å²) < 4.78 is 12.3. The Balaban J connectivity index is 1.35. The van der Waals surface area contributed by atoms with Crippen molar-refractivity contribution >= 4 is 23.2 Å². The monoisotopic (exact) mass is 462 g/mol. The zero-order valence-electron chi connectivity index (χ0n) is 18.4. The van der Waals surface area contributed by atoms with Crippen LogP contribution in [0.25, 0.3) is 0 Å². The van der Waals surface area contributed by atoms with Crippen LogP contribution in [0.2, 0.25) is 10.0 Å². The maximum absolute atomic E-state index is 6.53. The third-order valence-electron chi connectivity index (χ3n) is 6.32. The Hall–Kier alpha value is -1.46. The van der Waals surface area contributed by atoms with Crippen molar-refractivity contribution < 1.29 is 9.47 Å². The lowest BCUT2D eigenvalue weighted by Crippen LogP contribution is -2.35. The van der Waals surface area contributed by atoms with E-state index in [1.165, 1.54) is 0 Å². The Labute approximate surface area is 196 Å². The van der Waals surface area contributed by atoms with E-state index >= 15 is 0 Å². The van der Waals surface area contributed by atoms with Crippen LogP contribution < -0.4 is 9.47 Å². The summed E-state index contributed by atoms with van der Waals surface area (Å²) in [5, 5.41) is 1.34. The highest BCUT2D eigenvalue weighted by atomic mass is 35.5. The van der Waals surface area contributed by atoms with Gasteiger partial charge in [0.2, 0.25) is 0 Å². The molecule has 31 heavy (non-hydrogen) atoms. The number of benzene rings is 2. The molecule has 2 aromatic rings. The lowest BCUT2D eigenvalue weighted by molar-refractivity contribution is 0.114. The van der Waals surface area contributed by atoms with Crippen molar-refractivity contribution in [2.45, 2.75) is 44.3 Å². The summed E-state index contributed by atoms with van der Waals surface area (Å²) in [6, 6.07) is 12.2. The van der Waals surface area contributed by atoms with Crippen molar-refractivity contribution in [2.24, 2.45) is 0 Å². The second-order valence-electron chi connectivity index (χ2n) is 8.95. The molecule has 2 fully saturated rings. The Morgan fingerprint density at radius 3 is 1.45 bits per heavy atom. The smallest absolute Gasteiger partial charge is 0.138 e. The van der Waals surface area contributed by atoms with Crippen LogP contribution in [0, 0.1) is 0 Å². The lowest BCUT2D eigenvalue weighted by atomic mass is 10.0. The van der Waals surface area contributed by atoms with E-state index in [1.54, 1.807) is 0 Å². The summed E-state index contributed by atoms with van der Waals surface area (Å²) in [5.41, 5.74) is 2.28. The van der Waals surface area contributed by atoms with Crippen LogP contribution in [0.5, 0.6) is 11.5 Å². The first-order chi connectivity index (χ1) is 15.0. The van der Waals surface area contributed by atoms with Crippen molar-refractivity contribution in [1.82, 2.24) is 9.80 Å². The number of nitrogens with zero attached hydrogens (tertiary/aromatic N) is 2. The van der Waals surface area contributed by atoms with Crippen molar-refractivity contribution in [3.8, 4) is 11.5 Å². The molecule has 0 saturated carbocycles. The normalized spacial score (nSPS) is 19.5. The van der Waals surface area contributed by atoms with Crippen molar-refractivity contribution in [2.75, 3.05) is 40.3 Å². The minimum atomic E-state index is 0.246. The maximum Gasteiger partial charge on any atom is 0.138 e. The van der Waals surface area contributed by atoms with Gasteiger partial charge in [0, 0.05) is 26.2 Å². The molecule has 4 rings (SSSR count). The van der Waals surface area contributed by atoms with Gasteiger partial charge in [0.15, 0.2) is 0 Å². The zero-order chi connectivity index (χ0) is 21.8. The molecular weight excluding hydrogens is 431 g/mol. The van der Waals surface area contributed by atoms with Crippen molar-refractivity contribution in [3.05, 3.63) is 57.6 Å². The van der Waals surface area contributed by atoms with Gasteiger partial charge in [0.1, 0.15) is 23.7 Å². The molecule has 0 amide bonds. The van der Waals surface area contributed by atoms with Crippen LogP contribution in [0.4, 0.5) is 0 Å². The molecular formula is C25H32Cl2N2O2. The number of hydrogen-bond acceptors (Lipinski definition) is 4. The van der Waals surface area contributed by atoms with Gasteiger partial charge in [-0.3, -0.25) is 0 Å². The fourth-order valence-electron chi connectivity index (χ4n) is 4.30. The Morgan fingerprint density at radius 1 is 0.710 bits per heavy atom. The third-order valence-corrected chi connectivity index (χ3v) is 6.91. The molecule has 4 nitrogen and oxygen atoms in total. The summed E-state index contributed by atoms with van der Waals surface area (Å²) in [4.78, 5) is 4.67. The lowest BCUT2D eigenvalue weighted by Gasteiger charge is -2.29. The van der Waals surface area contributed by atoms with E-state index in [4.69, 9.17) is 32.7 Å². The Bertz CT molecular complexity index is 804. The molecule has 2 aliphatic rings. The Kier molecular flexibility index (Phi) is 7.65.